The zero-order chi connectivity index (χ0) is 23.3. The van der Waals surface area contributed by atoms with E-state index in [1.165, 1.54) is 12.1 Å². The Labute approximate surface area is 171 Å². The maximum Gasteiger partial charge on any atom is 0.388 e. The van der Waals surface area contributed by atoms with Gasteiger partial charge in [0.05, 0.1) is 18.7 Å². The summed E-state index contributed by atoms with van der Waals surface area (Å²) in [6.07, 6.45) is 0. The van der Waals surface area contributed by atoms with Gasteiger partial charge in [0.2, 0.25) is 11.8 Å². The summed E-state index contributed by atoms with van der Waals surface area (Å²) in [6, 6.07) is 3.03. The van der Waals surface area contributed by atoms with Gasteiger partial charge >= 0.3 is 25.2 Å². The fourth-order valence-corrected chi connectivity index (χ4v) is 3.59. The van der Waals surface area contributed by atoms with Gasteiger partial charge in [-0.25, -0.2) is 18.0 Å². The lowest BCUT2D eigenvalue weighted by Gasteiger charge is -2.20. The van der Waals surface area contributed by atoms with Crippen molar-refractivity contribution in [2.45, 2.75) is 18.1 Å². The Hall–Kier alpha value is -3.69. The number of hydrogen-bond donors (Lipinski definition) is 1. The lowest BCUT2D eigenvalue weighted by molar-refractivity contribution is -0.0579. The van der Waals surface area contributed by atoms with Crippen LogP contribution >= 0.6 is 0 Å². The number of methoxy groups -OCH3 is 1. The Morgan fingerprint density at radius 2 is 1.55 bits per heavy atom. The molecule has 0 radical (unpaired) electrons. The lowest BCUT2D eigenvalue weighted by Crippen LogP contribution is -2.42. The molecular weight excluding hydrogens is 456 g/mol. The highest BCUT2D eigenvalue weighted by Gasteiger charge is 2.36. The minimum atomic E-state index is -5.08. The van der Waals surface area contributed by atoms with E-state index in [1.54, 1.807) is 0 Å². The van der Waals surface area contributed by atoms with Gasteiger partial charge in [0.15, 0.2) is 0 Å². The number of hydrogen-bond acceptors (Lipinski definition) is 9. The highest BCUT2D eigenvalue weighted by molar-refractivity contribution is 7.93. The SMILES string of the molecule is COC(=O)c1ccccc1S(=O)(=O)N(C(N)=O)c1nc(OC(F)F)cc(OC(F)F)n1. The summed E-state index contributed by atoms with van der Waals surface area (Å²) in [6.45, 7) is -7.00. The molecule has 0 spiro atoms. The molecule has 0 aliphatic heterocycles. The summed E-state index contributed by atoms with van der Waals surface area (Å²) >= 11 is 0. The quantitative estimate of drug-likeness (QED) is 0.451. The summed E-state index contributed by atoms with van der Waals surface area (Å²) in [4.78, 5) is 29.6. The number of ether oxygens (including phenoxy) is 3. The lowest BCUT2D eigenvalue weighted by atomic mass is 10.2. The van der Waals surface area contributed by atoms with Gasteiger partial charge in [-0.2, -0.15) is 27.5 Å². The monoisotopic (exact) mass is 468 g/mol. The Bertz CT molecular complexity index is 1060. The number of benzene rings is 1. The molecule has 168 valence electrons. The van der Waals surface area contributed by atoms with Crippen LogP contribution in [0.25, 0.3) is 0 Å². The van der Waals surface area contributed by atoms with E-state index < -0.39 is 63.4 Å². The minimum absolute atomic E-state index is 0.314. The summed E-state index contributed by atoms with van der Waals surface area (Å²) in [5.74, 6) is -4.60. The van der Waals surface area contributed by atoms with Crippen molar-refractivity contribution in [3.05, 3.63) is 35.9 Å². The predicted molar refractivity (Wildman–Crippen MR) is 92.3 cm³/mol. The van der Waals surface area contributed by atoms with Crippen LogP contribution in [0.5, 0.6) is 11.8 Å². The number of rotatable bonds is 8. The first-order chi connectivity index (χ1) is 14.5. The van der Waals surface area contributed by atoms with Gasteiger partial charge in [0.25, 0.3) is 16.0 Å². The second kappa shape index (κ2) is 9.41. The fourth-order valence-electron chi connectivity index (χ4n) is 2.18. The third kappa shape index (κ3) is 5.47. The second-order valence-electron chi connectivity index (χ2n) is 5.20. The smallest absolute Gasteiger partial charge is 0.388 e. The highest BCUT2D eigenvalue weighted by Crippen LogP contribution is 2.28. The molecule has 2 aromatic rings. The summed E-state index contributed by atoms with van der Waals surface area (Å²) in [5, 5.41) is 0. The van der Waals surface area contributed by atoms with E-state index in [2.05, 4.69) is 24.2 Å². The molecular formula is C15H12F4N4O7S. The standard InChI is InChI=1S/C15H12F4N4O7S/c1-28-11(24)7-4-2-3-5-8(7)31(26,27)23(14(20)25)15-21-9(29-12(16)17)6-10(22-15)30-13(18)19/h2-6,12-13H,1H3,(H2,20,25). The molecule has 0 bridgehead atoms. The van der Waals surface area contributed by atoms with E-state index in [0.29, 0.717) is 6.07 Å². The molecule has 0 saturated heterocycles. The van der Waals surface area contributed by atoms with Crippen molar-refractivity contribution < 1.29 is 49.8 Å². The molecule has 11 nitrogen and oxygen atoms in total. The van der Waals surface area contributed by atoms with Gasteiger partial charge in [-0.3, -0.25) is 0 Å². The van der Waals surface area contributed by atoms with Gasteiger partial charge < -0.3 is 19.9 Å². The summed E-state index contributed by atoms with van der Waals surface area (Å²) in [5.41, 5.74) is 4.56. The number of halogens is 4. The van der Waals surface area contributed by atoms with Gasteiger partial charge in [-0.05, 0) is 12.1 Å². The molecule has 31 heavy (non-hydrogen) atoms. The van der Waals surface area contributed by atoms with Crippen molar-refractivity contribution in [3.63, 3.8) is 0 Å². The average Bonchev–Trinajstić information content (AvgIpc) is 2.65. The van der Waals surface area contributed by atoms with Gasteiger partial charge in [-0.15, -0.1) is 4.31 Å². The number of esters is 1. The number of nitrogens with two attached hydrogens (primary N) is 1. The van der Waals surface area contributed by atoms with Crippen molar-refractivity contribution >= 4 is 28.0 Å². The van der Waals surface area contributed by atoms with Crippen molar-refractivity contribution in [1.29, 1.82) is 0 Å². The molecule has 1 aromatic heterocycles. The molecule has 1 heterocycles. The third-order valence-electron chi connectivity index (χ3n) is 3.28. The van der Waals surface area contributed by atoms with E-state index in [9.17, 15) is 35.6 Å². The van der Waals surface area contributed by atoms with Crippen LogP contribution in [0, 0.1) is 0 Å². The molecule has 0 atom stereocenters. The topological polar surface area (TPSA) is 151 Å². The van der Waals surface area contributed by atoms with Gasteiger partial charge in [0, 0.05) is 0 Å². The molecule has 0 fully saturated rings. The molecule has 0 saturated carbocycles. The van der Waals surface area contributed by atoms with Crippen molar-refractivity contribution in [2.75, 3.05) is 11.4 Å². The highest BCUT2D eigenvalue weighted by atomic mass is 32.2. The van der Waals surface area contributed by atoms with E-state index in [0.717, 1.165) is 19.2 Å². The van der Waals surface area contributed by atoms with Crippen molar-refractivity contribution in [2.24, 2.45) is 5.73 Å². The number of urea groups is 1. The second-order valence-corrected chi connectivity index (χ2v) is 6.95. The van der Waals surface area contributed by atoms with Gasteiger partial charge in [0.1, 0.15) is 4.90 Å². The minimum Gasteiger partial charge on any atom is -0.465 e. The number of carbonyl (C=O) groups is 2. The maximum absolute atomic E-state index is 13.0. The molecule has 16 heteroatoms. The first-order valence-electron chi connectivity index (χ1n) is 7.78. The molecule has 2 amide bonds. The first kappa shape index (κ1) is 23.6. The normalized spacial score (nSPS) is 11.3. The van der Waals surface area contributed by atoms with E-state index in [1.807, 2.05) is 0 Å². The number of anilines is 1. The number of aromatic nitrogens is 2. The Morgan fingerprint density at radius 3 is 2.00 bits per heavy atom. The fraction of sp³-hybridized carbons (Fsp3) is 0.200. The van der Waals surface area contributed by atoms with Crippen LogP contribution in [0.15, 0.2) is 35.2 Å². The molecule has 1 aromatic carbocycles. The molecule has 0 aliphatic rings. The van der Waals surface area contributed by atoms with Crippen molar-refractivity contribution in [3.8, 4) is 11.8 Å². The number of amides is 2. The zero-order valence-corrected chi connectivity index (χ0v) is 16.1. The number of carbonyl (C=O) groups excluding carboxylic acids is 2. The number of alkyl halides is 4. The predicted octanol–water partition coefficient (Wildman–Crippen LogP) is 1.74. The number of nitrogens with zero attached hydrogens (tertiary/aromatic N) is 3. The van der Waals surface area contributed by atoms with Crippen LogP contribution < -0.4 is 19.5 Å². The van der Waals surface area contributed by atoms with Crippen LogP contribution in [-0.4, -0.2) is 50.7 Å². The largest absolute Gasteiger partial charge is 0.465 e. The van der Waals surface area contributed by atoms with Crippen LogP contribution in [0.3, 0.4) is 0 Å². The number of sulfonamides is 1. The molecule has 0 aliphatic carbocycles. The van der Waals surface area contributed by atoms with Crippen LogP contribution in [-0.2, 0) is 14.8 Å². The Kier molecular flexibility index (Phi) is 7.16. The third-order valence-corrected chi connectivity index (χ3v) is 5.02. The first-order valence-corrected chi connectivity index (χ1v) is 9.22. The summed E-state index contributed by atoms with van der Waals surface area (Å²) in [7, 11) is -4.12. The average molecular weight is 468 g/mol. The Morgan fingerprint density at radius 1 is 1.03 bits per heavy atom. The summed E-state index contributed by atoms with van der Waals surface area (Å²) < 4.78 is 88.3. The van der Waals surface area contributed by atoms with E-state index >= 15 is 0 Å². The van der Waals surface area contributed by atoms with Crippen LogP contribution in [0.1, 0.15) is 10.4 Å². The van der Waals surface area contributed by atoms with Crippen molar-refractivity contribution in [1.82, 2.24) is 9.97 Å². The van der Waals surface area contributed by atoms with Crippen LogP contribution in [0.4, 0.5) is 28.3 Å². The van der Waals surface area contributed by atoms with Gasteiger partial charge in [-0.1, -0.05) is 12.1 Å². The number of primary amides is 1. The molecule has 2 rings (SSSR count). The zero-order valence-electron chi connectivity index (χ0n) is 15.2. The Balaban J connectivity index is 2.70. The maximum atomic E-state index is 13.0. The van der Waals surface area contributed by atoms with E-state index in [-0.39, 0.29) is 4.31 Å². The molecule has 0 unspecified atom stereocenters. The van der Waals surface area contributed by atoms with E-state index in [4.69, 9.17) is 5.73 Å². The van der Waals surface area contributed by atoms with Crippen LogP contribution in [0.2, 0.25) is 0 Å². The molecule has 2 N–H and O–H groups in total.